The summed E-state index contributed by atoms with van der Waals surface area (Å²) in [6.45, 7) is 4.60. The van der Waals surface area contributed by atoms with Crippen LogP contribution in [0.25, 0.3) is 11.1 Å². The van der Waals surface area contributed by atoms with Crippen molar-refractivity contribution >= 4 is 6.29 Å². The number of benzene rings is 1. The Hall–Kier alpha value is -1.97. The summed E-state index contributed by atoms with van der Waals surface area (Å²) in [5, 5.41) is 4.17. The lowest BCUT2D eigenvalue weighted by Crippen LogP contribution is -1.98. The van der Waals surface area contributed by atoms with Crippen LogP contribution in [-0.4, -0.2) is 16.1 Å². The van der Waals surface area contributed by atoms with Gasteiger partial charge < -0.3 is 0 Å². The zero-order valence-electron chi connectivity index (χ0n) is 9.77. The summed E-state index contributed by atoms with van der Waals surface area (Å²) in [7, 11) is 0. The number of nitrogens with zero attached hydrogens (tertiary/aromatic N) is 2. The van der Waals surface area contributed by atoms with Gasteiger partial charge in [-0.2, -0.15) is 5.10 Å². The SMILES string of the molecule is CCn1ncc(-c2cc(C=O)ccc2F)c1C. The molecule has 3 nitrogen and oxygen atoms in total. The second-order valence-corrected chi connectivity index (χ2v) is 3.82. The molecule has 0 bridgehead atoms. The standard InChI is InChI=1S/C13H13FN2O/c1-3-16-9(2)12(7-15-16)11-6-10(8-17)4-5-13(11)14/h4-8H,3H2,1-2H3. The number of carbonyl (C=O) groups is 1. The molecule has 0 N–H and O–H groups in total. The van der Waals surface area contributed by atoms with Gasteiger partial charge in [-0.3, -0.25) is 9.48 Å². The summed E-state index contributed by atoms with van der Waals surface area (Å²) in [4.78, 5) is 10.7. The fraction of sp³-hybridized carbons (Fsp3) is 0.231. The molecule has 0 saturated carbocycles. The Balaban J connectivity index is 2.58. The maximum absolute atomic E-state index is 13.7. The molecule has 1 aromatic carbocycles. The summed E-state index contributed by atoms with van der Waals surface area (Å²) in [6, 6.07) is 4.32. The lowest BCUT2D eigenvalue weighted by Gasteiger charge is -2.04. The Labute approximate surface area is 98.9 Å². The van der Waals surface area contributed by atoms with Crippen LogP contribution in [0.1, 0.15) is 23.0 Å². The number of hydrogen-bond donors (Lipinski definition) is 0. The minimum atomic E-state index is -0.339. The second-order valence-electron chi connectivity index (χ2n) is 3.82. The molecule has 88 valence electrons. The fourth-order valence-electron chi connectivity index (χ4n) is 1.85. The van der Waals surface area contributed by atoms with Gasteiger partial charge in [0.15, 0.2) is 0 Å². The average Bonchev–Trinajstić information content (AvgIpc) is 2.71. The van der Waals surface area contributed by atoms with Crippen molar-refractivity contribution in [1.82, 2.24) is 9.78 Å². The van der Waals surface area contributed by atoms with Gasteiger partial charge in [-0.15, -0.1) is 0 Å². The zero-order valence-corrected chi connectivity index (χ0v) is 9.77. The van der Waals surface area contributed by atoms with Crippen LogP contribution < -0.4 is 0 Å². The van der Waals surface area contributed by atoms with E-state index in [1.165, 1.54) is 12.1 Å². The molecule has 2 aromatic rings. The number of aldehydes is 1. The number of rotatable bonds is 3. The maximum atomic E-state index is 13.7. The highest BCUT2D eigenvalue weighted by Gasteiger charge is 2.12. The van der Waals surface area contributed by atoms with Crippen LogP contribution in [0.15, 0.2) is 24.4 Å². The van der Waals surface area contributed by atoms with Gasteiger partial charge in [0, 0.05) is 28.9 Å². The molecule has 0 unspecified atom stereocenters. The molecule has 0 spiro atoms. The minimum Gasteiger partial charge on any atom is -0.298 e. The first kappa shape index (κ1) is 11.5. The van der Waals surface area contributed by atoms with E-state index >= 15 is 0 Å². The van der Waals surface area contributed by atoms with Crippen LogP contribution >= 0.6 is 0 Å². The second kappa shape index (κ2) is 4.49. The molecule has 0 aliphatic carbocycles. The highest BCUT2D eigenvalue weighted by molar-refractivity contribution is 5.79. The van der Waals surface area contributed by atoms with E-state index < -0.39 is 0 Å². The largest absolute Gasteiger partial charge is 0.298 e. The molecule has 0 aliphatic rings. The molecular weight excluding hydrogens is 219 g/mol. The third-order valence-corrected chi connectivity index (χ3v) is 2.82. The molecule has 0 fully saturated rings. The Bertz CT molecular complexity index is 561. The van der Waals surface area contributed by atoms with Gasteiger partial charge in [-0.25, -0.2) is 4.39 Å². The number of aromatic nitrogens is 2. The molecular formula is C13H13FN2O. The van der Waals surface area contributed by atoms with E-state index in [4.69, 9.17) is 0 Å². The molecule has 0 atom stereocenters. The molecule has 4 heteroatoms. The number of carbonyl (C=O) groups excluding carboxylic acids is 1. The Morgan fingerprint density at radius 2 is 2.18 bits per heavy atom. The number of aryl methyl sites for hydroxylation is 1. The Morgan fingerprint density at radius 1 is 1.41 bits per heavy atom. The van der Waals surface area contributed by atoms with Gasteiger partial charge in [0.05, 0.1) is 6.20 Å². The van der Waals surface area contributed by atoms with Crippen molar-refractivity contribution in [1.29, 1.82) is 0 Å². The van der Waals surface area contributed by atoms with Crippen LogP contribution in [0.4, 0.5) is 4.39 Å². The predicted octanol–water partition coefficient (Wildman–Crippen LogP) is 2.83. The quantitative estimate of drug-likeness (QED) is 0.763. The van der Waals surface area contributed by atoms with Crippen molar-refractivity contribution in [3.05, 3.63) is 41.5 Å². The van der Waals surface area contributed by atoms with E-state index in [-0.39, 0.29) is 5.82 Å². The normalized spacial score (nSPS) is 10.5. The van der Waals surface area contributed by atoms with E-state index in [9.17, 15) is 9.18 Å². The molecule has 1 aromatic heterocycles. The highest BCUT2D eigenvalue weighted by atomic mass is 19.1. The van der Waals surface area contributed by atoms with E-state index in [0.717, 1.165) is 17.8 Å². The summed E-state index contributed by atoms with van der Waals surface area (Å²) >= 11 is 0. The third-order valence-electron chi connectivity index (χ3n) is 2.82. The zero-order chi connectivity index (χ0) is 12.4. The molecule has 0 amide bonds. The van der Waals surface area contributed by atoms with E-state index in [1.807, 2.05) is 13.8 Å². The van der Waals surface area contributed by atoms with Gasteiger partial charge in [-0.05, 0) is 32.0 Å². The molecule has 0 radical (unpaired) electrons. The lowest BCUT2D eigenvalue weighted by molar-refractivity contribution is 0.112. The molecule has 0 aliphatic heterocycles. The van der Waals surface area contributed by atoms with Crippen molar-refractivity contribution in [3.8, 4) is 11.1 Å². The van der Waals surface area contributed by atoms with Crippen molar-refractivity contribution in [3.63, 3.8) is 0 Å². The van der Waals surface area contributed by atoms with Crippen LogP contribution in [0.2, 0.25) is 0 Å². The van der Waals surface area contributed by atoms with Gasteiger partial charge in [0.1, 0.15) is 12.1 Å². The first-order valence-electron chi connectivity index (χ1n) is 5.45. The Morgan fingerprint density at radius 3 is 2.76 bits per heavy atom. The van der Waals surface area contributed by atoms with E-state index in [1.54, 1.807) is 16.9 Å². The minimum absolute atomic E-state index is 0.339. The topological polar surface area (TPSA) is 34.9 Å². The molecule has 17 heavy (non-hydrogen) atoms. The fourth-order valence-corrected chi connectivity index (χ4v) is 1.85. The average molecular weight is 232 g/mol. The van der Waals surface area contributed by atoms with E-state index in [0.29, 0.717) is 17.4 Å². The van der Waals surface area contributed by atoms with E-state index in [2.05, 4.69) is 5.10 Å². The van der Waals surface area contributed by atoms with Crippen LogP contribution in [0, 0.1) is 12.7 Å². The number of hydrogen-bond acceptors (Lipinski definition) is 2. The molecule has 2 rings (SSSR count). The lowest BCUT2D eigenvalue weighted by atomic mass is 10.0. The van der Waals surface area contributed by atoms with Gasteiger partial charge in [-0.1, -0.05) is 0 Å². The van der Waals surface area contributed by atoms with Crippen molar-refractivity contribution in [2.24, 2.45) is 0 Å². The predicted molar refractivity (Wildman–Crippen MR) is 63.4 cm³/mol. The van der Waals surface area contributed by atoms with Gasteiger partial charge >= 0.3 is 0 Å². The van der Waals surface area contributed by atoms with Gasteiger partial charge in [0.2, 0.25) is 0 Å². The number of halogens is 1. The first-order valence-corrected chi connectivity index (χ1v) is 5.45. The summed E-state index contributed by atoms with van der Waals surface area (Å²) in [6.07, 6.45) is 2.34. The van der Waals surface area contributed by atoms with Crippen LogP contribution in [0.3, 0.4) is 0 Å². The van der Waals surface area contributed by atoms with Crippen LogP contribution in [0.5, 0.6) is 0 Å². The summed E-state index contributed by atoms with van der Waals surface area (Å²) in [5.41, 5.74) is 2.51. The van der Waals surface area contributed by atoms with Crippen LogP contribution in [-0.2, 0) is 6.54 Å². The highest BCUT2D eigenvalue weighted by Crippen LogP contribution is 2.26. The first-order chi connectivity index (χ1) is 8.17. The van der Waals surface area contributed by atoms with Crippen molar-refractivity contribution < 1.29 is 9.18 Å². The molecule has 0 saturated heterocycles. The smallest absolute Gasteiger partial charge is 0.150 e. The summed E-state index contributed by atoms with van der Waals surface area (Å²) < 4.78 is 15.5. The maximum Gasteiger partial charge on any atom is 0.150 e. The molecule has 1 heterocycles. The third kappa shape index (κ3) is 1.98. The van der Waals surface area contributed by atoms with Crippen molar-refractivity contribution in [2.75, 3.05) is 0 Å². The van der Waals surface area contributed by atoms with Gasteiger partial charge in [0.25, 0.3) is 0 Å². The summed E-state index contributed by atoms with van der Waals surface area (Å²) in [5.74, 6) is -0.339. The Kier molecular flexibility index (Phi) is 3.04. The van der Waals surface area contributed by atoms with Crippen molar-refractivity contribution in [2.45, 2.75) is 20.4 Å². The monoisotopic (exact) mass is 232 g/mol.